The largest absolute Gasteiger partial charge is 0.497 e. The van der Waals surface area contributed by atoms with Gasteiger partial charge in [-0.05, 0) is 59.2 Å². The van der Waals surface area contributed by atoms with Gasteiger partial charge in [0.1, 0.15) is 11.4 Å². The molecule has 6 heteroatoms. The van der Waals surface area contributed by atoms with Crippen molar-refractivity contribution in [3.8, 4) is 22.9 Å². The van der Waals surface area contributed by atoms with Gasteiger partial charge in [0.2, 0.25) is 0 Å². The van der Waals surface area contributed by atoms with Gasteiger partial charge in [-0.15, -0.1) is 0 Å². The van der Waals surface area contributed by atoms with Gasteiger partial charge in [0, 0.05) is 11.6 Å². The number of hydrogen-bond donors (Lipinski definition) is 2. The van der Waals surface area contributed by atoms with Crippen molar-refractivity contribution in [2.75, 3.05) is 12.4 Å². The van der Waals surface area contributed by atoms with Crippen molar-refractivity contribution in [3.63, 3.8) is 0 Å². The molecule has 0 radical (unpaired) electrons. The Kier molecular flexibility index (Phi) is 4.45. The molecular formula is C25H20N4O2. The summed E-state index contributed by atoms with van der Waals surface area (Å²) in [7, 11) is 1.64. The van der Waals surface area contributed by atoms with E-state index in [4.69, 9.17) is 9.72 Å². The number of benzene rings is 3. The van der Waals surface area contributed by atoms with Crippen LogP contribution in [0.4, 0.5) is 5.69 Å². The smallest absolute Gasteiger partial charge is 0.272 e. The number of nitrogens with zero attached hydrogens (tertiary/aromatic N) is 2. The van der Waals surface area contributed by atoms with E-state index in [1.54, 1.807) is 13.2 Å². The van der Waals surface area contributed by atoms with Gasteiger partial charge in [-0.1, -0.05) is 25.1 Å². The highest BCUT2D eigenvalue weighted by molar-refractivity contribution is 5.81. The molecule has 3 aromatic carbocycles. The van der Waals surface area contributed by atoms with Gasteiger partial charge in [-0.2, -0.15) is 5.26 Å². The quantitative estimate of drug-likeness (QED) is 0.511. The highest BCUT2D eigenvalue weighted by Gasteiger charge is 2.33. The molecule has 0 amide bonds. The normalized spacial score (nSPS) is 17.1. The van der Waals surface area contributed by atoms with Crippen LogP contribution in [0, 0.1) is 11.3 Å². The van der Waals surface area contributed by atoms with Crippen LogP contribution >= 0.6 is 0 Å². The van der Waals surface area contributed by atoms with Crippen LogP contribution in [0.3, 0.4) is 0 Å². The van der Waals surface area contributed by atoms with Gasteiger partial charge < -0.3 is 15.0 Å². The third-order valence-corrected chi connectivity index (χ3v) is 5.92. The second kappa shape index (κ2) is 7.29. The number of aromatic nitrogens is 2. The molecule has 0 bridgehead atoms. The molecule has 1 aromatic heterocycles. The number of methoxy groups -OCH3 is 1. The zero-order valence-electron chi connectivity index (χ0n) is 17.1. The Morgan fingerprint density at radius 1 is 1.03 bits per heavy atom. The molecule has 2 N–H and O–H groups in total. The van der Waals surface area contributed by atoms with Crippen LogP contribution in [0.1, 0.15) is 35.7 Å². The van der Waals surface area contributed by atoms with Gasteiger partial charge in [0.25, 0.3) is 5.56 Å². The minimum atomic E-state index is -0.262. The first-order valence-electron chi connectivity index (χ1n) is 10.1. The Labute approximate surface area is 179 Å². The summed E-state index contributed by atoms with van der Waals surface area (Å²) in [6.07, 6.45) is 0. The summed E-state index contributed by atoms with van der Waals surface area (Å²) in [5.74, 6) is 0.814. The van der Waals surface area contributed by atoms with E-state index in [0.29, 0.717) is 16.8 Å². The van der Waals surface area contributed by atoms with Crippen LogP contribution in [0.25, 0.3) is 22.2 Å². The highest BCUT2D eigenvalue weighted by Crippen LogP contribution is 2.43. The molecule has 0 spiro atoms. The van der Waals surface area contributed by atoms with Crippen molar-refractivity contribution in [2.45, 2.75) is 18.9 Å². The molecule has 0 fully saturated rings. The molecule has 2 unspecified atom stereocenters. The van der Waals surface area contributed by atoms with Gasteiger partial charge in [-0.3, -0.25) is 4.79 Å². The third-order valence-electron chi connectivity index (χ3n) is 5.92. The average Bonchev–Trinajstić information content (AvgIpc) is 3.14. The second-order valence-electron chi connectivity index (χ2n) is 7.74. The molecule has 0 saturated heterocycles. The average molecular weight is 408 g/mol. The van der Waals surface area contributed by atoms with E-state index in [0.717, 1.165) is 33.6 Å². The Morgan fingerprint density at radius 3 is 2.55 bits per heavy atom. The van der Waals surface area contributed by atoms with Crippen molar-refractivity contribution in [1.29, 1.82) is 5.26 Å². The van der Waals surface area contributed by atoms with Crippen LogP contribution in [0.15, 0.2) is 65.5 Å². The molecule has 2 atom stereocenters. The Balaban J connectivity index is 1.55. The predicted octanol–water partition coefficient (Wildman–Crippen LogP) is 4.74. The molecule has 4 aromatic rings. The molecule has 1 aliphatic heterocycles. The van der Waals surface area contributed by atoms with Gasteiger partial charge in [0.05, 0.1) is 35.8 Å². The second-order valence-corrected chi connectivity index (χ2v) is 7.74. The lowest BCUT2D eigenvalue weighted by Crippen LogP contribution is -2.23. The first-order valence-corrected chi connectivity index (χ1v) is 10.1. The number of hydrogen-bond acceptors (Lipinski definition) is 5. The van der Waals surface area contributed by atoms with Crippen molar-refractivity contribution in [2.24, 2.45) is 0 Å². The summed E-state index contributed by atoms with van der Waals surface area (Å²) in [5, 5.41) is 12.6. The van der Waals surface area contributed by atoms with E-state index in [2.05, 4.69) is 16.4 Å². The van der Waals surface area contributed by atoms with E-state index < -0.39 is 0 Å². The van der Waals surface area contributed by atoms with E-state index in [1.807, 2.05) is 61.5 Å². The number of fused-ring (bicyclic) bond motifs is 2. The van der Waals surface area contributed by atoms with Gasteiger partial charge in [0.15, 0.2) is 0 Å². The lowest BCUT2D eigenvalue weighted by molar-refractivity contribution is 0.415. The lowest BCUT2D eigenvalue weighted by Gasteiger charge is -2.16. The van der Waals surface area contributed by atoms with Crippen LogP contribution in [-0.2, 0) is 0 Å². The number of aromatic amines is 1. The van der Waals surface area contributed by atoms with E-state index in [1.165, 1.54) is 0 Å². The van der Waals surface area contributed by atoms with E-state index >= 15 is 0 Å². The minimum Gasteiger partial charge on any atom is -0.497 e. The summed E-state index contributed by atoms with van der Waals surface area (Å²) in [4.78, 5) is 20.6. The Hall–Kier alpha value is -4.11. The molecule has 1 aliphatic rings. The lowest BCUT2D eigenvalue weighted by atomic mass is 9.94. The molecule has 0 saturated carbocycles. The van der Waals surface area contributed by atoms with Crippen molar-refractivity contribution >= 4 is 16.7 Å². The Bertz CT molecular complexity index is 1400. The van der Waals surface area contributed by atoms with E-state index in [-0.39, 0.29) is 17.5 Å². The van der Waals surface area contributed by atoms with Crippen molar-refractivity contribution in [1.82, 2.24) is 9.97 Å². The maximum absolute atomic E-state index is 12.8. The fourth-order valence-corrected chi connectivity index (χ4v) is 4.19. The summed E-state index contributed by atoms with van der Waals surface area (Å²) in [6, 6.07) is 21.1. The summed E-state index contributed by atoms with van der Waals surface area (Å²) in [6.45, 7) is 2.05. The predicted molar refractivity (Wildman–Crippen MR) is 120 cm³/mol. The standard InChI is InChI=1S/C25H20N4O2/c1-14-19-11-15(13-26)3-9-20(19)27-23(14)24-25(30)29-21-10-6-17(12-22(21)28-24)16-4-7-18(31-2)8-5-16/h3-12,14,23,27H,1-2H3,(H,29,30). The fraction of sp³-hybridized carbons (Fsp3) is 0.160. The number of nitriles is 1. The zero-order chi connectivity index (χ0) is 21.5. The first kappa shape index (κ1) is 18.9. The number of anilines is 1. The summed E-state index contributed by atoms with van der Waals surface area (Å²) >= 11 is 0. The van der Waals surface area contributed by atoms with Gasteiger partial charge >= 0.3 is 0 Å². The maximum atomic E-state index is 12.8. The van der Waals surface area contributed by atoms with Gasteiger partial charge in [-0.25, -0.2) is 4.98 Å². The molecule has 6 nitrogen and oxygen atoms in total. The first-order chi connectivity index (χ1) is 15.1. The summed E-state index contributed by atoms with van der Waals surface area (Å²) in [5.41, 5.74) is 6.28. The topological polar surface area (TPSA) is 90.8 Å². The van der Waals surface area contributed by atoms with Crippen molar-refractivity contribution < 1.29 is 4.74 Å². The number of nitrogens with one attached hydrogen (secondary N) is 2. The van der Waals surface area contributed by atoms with E-state index in [9.17, 15) is 10.1 Å². The number of ether oxygens (including phenoxy) is 1. The fourth-order valence-electron chi connectivity index (χ4n) is 4.19. The van der Waals surface area contributed by atoms with Crippen molar-refractivity contribution in [3.05, 3.63) is 87.8 Å². The monoisotopic (exact) mass is 408 g/mol. The highest BCUT2D eigenvalue weighted by atomic mass is 16.5. The maximum Gasteiger partial charge on any atom is 0.272 e. The minimum absolute atomic E-state index is 0.0131. The number of H-pyrrole nitrogens is 1. The number of rotatable bonds is 3. The SMILES string of the molecule is COc1ccc(-c2ccc3[nH]c(=O)c(C4Nc5ccc(C#N)cc5C4C)nc3c2)cc1. The molecule has 5 rings (SSSR count). The molecule has 152 valence electrons. The third kappa shape index (κ3) is 3.21. The van der Waals surface area contributed by atoms with Crippen LogP contribution in [0.2, 0.25) is 0 Å². The van der Waals surface area contributed by atoms with Crippen LogP contribution < -0.4 is 15.6 Å². The van der Waals surface area contributed by atoms with Crippen LogP contribution in [0.5, 0.6) is 5.75 Å². The zero-order valence-corrected chi connectivity index (χ0v) is 17.1. The molecule has 31 heavy (non-hydrogen) atoms. The Morgan fingerprint density at radius 2 is 1.81 bits per heavy atom. The molecular weight excluding hydrogens is 388 g/mol. The summed E-state index contributed by atoms with van der Waals surface area (Å²) < 4.78 is 5.24. The molecule has 2 heterocycles. The molecule has 0 aliphatic carbocycles. The van der Waals surface area contributed by atoms with Crippen LogP contribution in [-0.4, -0.2) is 17.1 Å².